The zero-order valence-electron chi connectivity index (χ0n) is 18.4. The fraction of sp³-hybridized carbons (Fsp3) is 0.143. The molecule has 0 radical (unpaired) electrons. The van der Waals surface area contributed by atoms with Gasteiger partial charge in [0.05, 0.1) is 11.5 Å². The van der Waals surface area contributed by atoms with Crippen molar-refractivity contribution in [2.45, 2.75) is 22.2 Å². The molecule has 4 aromatic rings. The predicted octanol–water partition coefficient (Wildman–Crippen LogP) is 4.36. The fourth-order valence-corrected chi connectivity index (χ4v) is 5.40. The van der Waals surface area contributed by atoms with E-state index in [4.69, 9.17) is 17.4 Å². The maximum Gasteiger partial charge on any atom is 0.264 e. The molecule has 0 aliphatic rings. The first kappa shape index (κ1) is 25.0. The molecule has 180 valence electrons. The van der Waals surface area contributed by atoms with Crippen molar-refractivity contribution in [1.82, 2.24) is 25.1 Å². The third-order valence-corrected chi connectivity index (χ3v) is 7.81. The van der Waals surface area contributed by atoms with Crippen LogP contribution in [0.2, 0.25) is 5.02 Å². The van der Waals surface area contributed by atoms with Gasteiger partial charge in [0, 0.05) is 10.8 Å². The number of anilines is 2. The first-order valence-corrected chi connectivity index (χ1v) is 13.3. The van der Waals surface area contributed by atoms with Crippen LogP contribution in [0.3, 0.4) is 0 Å². The molecule has 0 saturated carbocycles. The van der Waals surface area contributed by atoms with E-state index in [-0.39, 0.29) is 17.6 Å². The van der Waals surface area contributed by atoms with Crippen LogP contribution in [0.5, 0.6) is 0 Å². The van der Waals surface area contributed by atoms with Crippen molar-refractivity contribution < 1.29 is 4.79 Å². The maximum atomic E-state index is 12.4. The van der Waals surface area contributed by atoms with Crippen molar-refractivity contribution in [2.24, 2.45) is 5.10 Å². The Kier molecular flexibility index (Phi) is 8.58. The van der Waals surface area contributed by atoms with E-state index in [9.17, 15) is 4.79 Å². The number of rotatable bonds is 10. The van der Waals surface area contributed by atoms with Gasteiger partial charge in [-0.2, -0.15) is 5.10 Å². The highest BCUT2D eigenvalue weighted by Crippen LogP contribution is 2.30. The summed E-state index contributed by atoms with van der Waals surface area (Å²) in [7, 11) is 0. The number of nitrogens with zero attached hydrogens (tertiary/aromatic N) is 6. The molecule has 0 spiro atoms. The van der Waals surface area contributed by atoms with Gasteiger partial charge in [0.15, 0.2) is 4.34 Å². The number of nitrogen functional groups attached to an aromatic ring is 1. The van der Waals surface area contributed by atoms with E-state index in [0.717, 1.165) is 32.9 Å². The molecule has 0 atom stereocenters. The van der Waals surface area contributed by atoms with Gasteiger partial charge in [-0.3, -0.25) is 10.1 Å². The number of hydrogen-bond acceptors (Lipinski definition) is 11. The topological polar surface area (TPSA) is 136 Å². The minimum Gasteiger partial charge on any atom is -0.334 e. The third-order valence-electron chi connectivity index (χ3n) is 4.47. The van der Waals surface area contributed by atoms with Gasteiger partial charge < -0.3 is 5.84 Å². The molecule has 10 nitrogen and oxygen atoms in total. The second-order valence-corrected chi connectivity index (χ2v) is 10.5. The minimum atomic E-state index is -0.260. The summed E-state index contributed by atoms with van der Waals surface area (Å²) in [6.07, 6.45) is 0. The lowest BCUT2D eigenvalue weighted by molar-refractivity contribution is -0.113. The Bertz CT molecular complexity index is 1330. The molecule has 35 heavy (non-hydrogen) atoms. The lowest BCUT2D eigenvalue weighted by Crippen LogP contribution is -2.17. The van der Waals surface area contributed by atoms with Crippen LogP contribution in [0.1, 0.15) is 18.1 Å². The second kappa shape index (κ2) is 12.0. The monoisotopic (exact) mass is 545 g/mol. The summed E-state index contributed by atoms with van der Waals surface area (Å²) < 4.78 is 1.98. The highest BCUT2D eigenvalue weighted by atomic mass is 35.5. The largest absolute Gasteiger partial charge is 0.334 e. The third kappa shape index (κ3) is 6.94. The van der Waals surface area contributed by atoms with Gasteiger partial charge in [0.1, 0.15) is 0 Å². The number of nitrogens with one attached hydrogen (secondary N) is 2. The first-order chi connectivity index (χ1) is 17.0. The van der Waals surface area contributed by atoms with Crippen molar-refractivity contribution >= 4 is 69.2 Å². The van der Waals surface area contributed by atoms with Crippen LogP contribution in [0, 0.1) is 0 Å². The lowest BCUT2D eigenvalue weighted by atomic mass is 10.1. The molecule has 4 N–H and O–H groups in total. The Balaban J connectivity index is 1.26. The second-order valence-electron chi connectivity index (χ2n) is 6.94. The van der Waals surface area contributed by atoms with Crippen LogP contribution < -0.4 is 16.6 Å². The Labute approximate surface area is 218 Å². The Morgan fingerprint density at radius 3 is 2.66 bits per heavy atom. The molecule has 4 rings (SSSR count). The molecular formula is C21H20ClN9OS3. The van der Waals surface area contributed by atoms with Crippen LogP contribution in [-0.4, -0.2) is 42.4 Å². The molecule has 2 aromatic carbocycles. The summed E-state index contributed by atoms with van der Waals surface area (Å²) in [6, 6.07) is 17.3. The quantitative estimate of drug-likeness (QED) is 0.0872. The predicted molar refractivity (Wildman–Crippen MR) is 143 cm³/mol. The van der Waals surface area contributed by atoms with Gasteiger partial charge in [-0.25, -0.2) is 10.1 Å². The average molecular weight is 546 g/mol. The van der Waals surface area contributed by atoms with Crippen LogP contribution in [0.15, 0.2) is 69.2 Å². The van der Waals surface area contributed by atoms with E-state index < -0.39 is 0 Å². The van der Waals surface area contributed by atoms with Crippen molar-refractivity contribution in [1.29, 1.82) is 0 Å². The van der Waals surface area contributed by atoms with Gasteiger partial charge in [-0.15, -0.1) is 20.4 Å². The Morgan fingerprint density at radius 2 is 1.86 bits per heavy atom. The zero-order chi connectivity index (χ0) is 24.6. The highest BCUT2D eigenvalue weighted by molar-refractivity contribution is 8.00. The standard InChI is InChI=1S/C21H20ClN9OS3/c1-13(14-7-3-2-4-8-14)25-26-18-27-29-20(31(18)23)33-12-17(32)24-19-28-30-21(35-19)34-11-15-9-5-6-10-16(15)22/h2-10H,11-12,23H2,1H3,(H,26,27)(H,24,28,32)/b25-13+. The number of benzene rings is 2. The summed E-state index contributed by atoms with van der Waals surface area (Å²) in [5.41, 5.74) is 5.55. The SMILES string of the molecule is C/C(=N\Nc1nnc(SCC(=O)Nc2nnc(SCc3ccccc3Cl)s2)n1N)c1ccccc1. The molecule has 14 heteroatoms. The maximum absolute atomic E-state index is 12.4. The van der Waals surface area contributed by atoms with Crippen LogP contribution in [-0.2, 0) is 10.5 Å². The van der Waals surface area contributed by atoms with Crippen molar-refractivity contribution in [3.8, 4) is 0 Å². The summed E-state index contributed by atoms with van der Waals surface area (Å²) in [6.45, 7) is 1.87. The normalized spacial score (nSPS) is 11.4. The fourth-order valence-electron chi connectivity index (χ4n) is 2.69. The summed E-state index contributed by atoms with van der Waals surface area (Å²) in [4.78, 5) is 12.4. The number of aromatic nitrogens is 5. The molecule has 0 saturated heterocycles. The van der Waals surface area contributed by atoms with Crippen LogP contribution in [0.4, 0.5) is 11.1 Å². The van der Waals surface area contributed by atoms with Crippen molar-refractivity contribution in [3.63, 3.8) is 0 Å². The van der Waals surface area contributed by atoms with E-state index in [1.807, 2.05) is 61.5 Å². The summed E-state index contributed by atoms with van der Waals surface area (Å²) >= 11 is 10.1. The van der Waals surface area contributed by atoms with Gasteiger partial charge in [0.25, 0.3) is 5.95 Å². The van der Waals surface area contributed by atoms with Crippen LogP contribution >= 0.6 is 46.5 Å². The molecule has 0 fully saturated rings. The Hall–Kier alpha value is -3.13. The van der Waals surface area contributed by atoms with Gasteiger partial charge in [0.2, 0.25) is 16.2 Å². The van der Waals surface area contributed by atoms with E-state index >= 15 is 0 Å². The van der Waals surface area contributed by atoms with Gasteiger partial charge in [-0.05, 0) is 24.1 Å². The van der Waals surface area contributed by atoms with Crippen molar-refractivity contribution in [2.75, 3.05) is 22.3 Å². The molecular weight excluding hydrogens is 526 g/mol. The van der Waals surface area contributed by atoms with E-state index in [0.29, 0.717) is 21.1 Å². The smallest absolute Gasteiger partial charge is 0.264 e. The van der Waals surface area contributed by atoms with Crippen molar-refractivity contribution in [3.05, 3.63) is 70.7 Å². The number of carbonyl (C=O) groups is 1. The van der Waals surface area contributed by atoms with E-state index in [1.165, 1.54) is 27.8 Å². The van der Waals surface area contributed by atoms with Crippen LogP contribution in [0.25, 0.3) is 0 Å². The minimum absolute atomic E-state index is 0.0727. The number of carbonyl (C=O) groups excluding carboxylic acids is 1. The molecule has 0 bridgehead atoms. The molecule has 0 aliphatic heterocycles. The molecule has 1 amide bonds. The first-order valence-electron chi connectivity index (χ1n) is 10.2. The number of hydrogen-bond donors (Lipinski definition) is 3. The number of amides is 1. The number of hydrazone groups is 1. The van der Waals surface area contributed by atoms with E-state index in [2.05, 4.69) is 36.2 Å². The highest BCUT2D eigenvalue weighted by Gasteiger charge is 2.14. The zero-order valence-corrected chi connectivity index (χ0v) is 21.6. The van der Waals surface area contributed by atoms with Gasteiger partial charge >= 0.3 is 0 Å². The van der Waals surface area contributed by atoms with Gasteiger partial charge in [-0.1, -0.05) is 95.0 Å². The summed E-state index contributed by atoms with van der Waals surface area (Å²) in [5, 5.41) is 24.6. The number of nitrogens with two attached hydrogens (primary N) is 1. The molecule has 2 aromatic heterocycles. The molecule has 0 aliphatic carbocycles. The number of halogens is 1. The number of thioether (sulfide) groups is 2. The molecule has 2 heterocycles. The average Bonchev–Trinajstić information content (AvgIpc) is 3.47. The Morgan fingerprint density at radius 1 is 1.09 bits per heavy atom. The molecule has 0 unspecified atom stereocenters. The summed E-state index contributed by atoms with van der Waals surface area (Å²) in [5.74, 6) is 6.77. The lowest BCUT2D eigenvalue weighted by Gasteiger charge is -2.04. The van der Waals surface area contributed by atoms with E-state index in [1.54, 1.807) is 0 Å².